The summed E-state index contributed by atoms with van der Waals surface area (Å²) >= 11 is 0. The maximum absolute atomic E-state index is 2.69. The van der Waals surface area contributed by atoms with Gasteiger partial charge in [-0.15, -0.1) is 5.70 Å². The van der Waals surface area contributed by atoms with E-state index in [0.29, 0.717) is 0 Å². The Morgan fingerprint density at radius 3 is 2.22 bits per heavy atom. The number of allylic oxidation sites excluding steroid dienone is 5. The van der Waals surface area contributed by atoms with E-state index in [2.05, 4.69) is 159 Å². The third-order valence-corrected chi connectivity index (χ3v) is 10.1. The van der Waals surface area contributed by atoms with Crippen LogP contribution >= 0.6 is 0 Å². The van der Waals surface area contributed by atoms with Crippen molar-refractivity contribution in [1.29, 1.82) is 0 Å². The summed E-state index contributed by atoms with van der Waals surface area (Å²) in [5.41, 5.74) is 10.7. The highest BCUT2D eigenvalue weighted by atomic mass is 15.4. The predicted octanol–water partition coefficient (Wildman–Crippen LogP) is 6.28. The molecule has 6 aliphatic rings. The first-order valence-electron chi connectivity index (χ1n) is 16.4. The highest BCUT2D eigenvalue weighted by molar-refractivity contribution is 5.61. The lowest BCUT2D eigenvalue weighted by Gasteiger charge is -2.57. The molecule has 0 aromatic heterocycles. The van der Waals surface area contributed by atoms with Gasteiger partial charge in [0.1, 0.15) is 0 Å². The standard InChI is InChI=1S/C38H43N7/c1-29-24-41(32-12-6-4-7-13-32)27-40(29)22-20-39-19-18-35-37(45-28-42(25-30(45)2)33-14-8-5-9-15-33)34-16-10-11-17-36(34)44-26-31(3)43(23-21-39)38(35)44/h4-17,24-26,38H,18-23,27-28H2,1-3H3/q-2. The van der Waals surface area contributed by atoms with Gasteiger partial charge in [-0.1, -0.05) is 47.7 Å². The van der Waals surface area contributed by atoms with Gasteiger partial charge in [0.15, 0.2) is 0 Å². The molecule has 8 rings (SSSR count). The number of para-hydroxylation sites is 2. The van der Waals surface area contributed by atoms with Gasteiger partial charge in [-0.3, -0.25) is 12.5 Å². The van der Waals surface area contributed by atoms with Gasteiger partial charge in [0.2, 0.25) is 0 Å². The Morgan fingerprint density at radius 1 is 0.756 bits per heavy atom. The van der Waals surface area contributed by atoms with Gasteiger partial charge in [-0.25, -0.2) is 12.2 Å². The molecular weight excluding hydrogens is 554 g/mol. The molecule has 7 heteroatoms. The van der Waals surface area contributed by atoms with Crippen LogP contribution in [0.1, 0.15) is 27.2 Å². The van der Waals surface area contributed by atoms with Gasteiger partial charge >= 0.3 is 0 Å². The smallest absolute Gasteiger partial charge is 0.0974 e. The van der Waals surface area contributed by atoms with Crippen LogP contribution in [0.3, 0.4) is 0 Å². The van der Waals surface area contributed by atoms with Crippen molar-refractivity contribution in [3.63, 3.8) is 0 Å². The van der Waals surface area contributed by atoms with Crippen LogP contribution in [0.25, 0.3) is 0 Å². The number of rotatable bonds is 6. The molecule has 7 nitrogen and oxygen atoms in total. The van der Waals surface area contributed by atoms with Gasteiger partial charge in [0, 0.05) is 73.2 Å². The molecule has 0 bridgehead atoms. The third kappa shape index (κ3) is 4.95. The molecule has 0 N–H and O–H groups in total. The Kier molecular flexibility index (Phi) is 7.06. The molecule has 1 aliphatic carbocycles. The lowest BCUT2D eigenvalue weighted by Crippen LogP contribution is -2.52. The first-order chi connectivity index (χ1) is 22.0. The van der Waals surface area contributed by atoms with E-state index < -0.39 is 0 Å². The van der Waals surface area contributed by atoms with Crippen molar-refractivity contribution in [3.05, 3.63) is 144 Å². The average Bonchev–Trinajstić information content (AvgIpc) is 3.74. The van der Waals surface area contributed by atoms with Crippen molar-refractivity contribution < 1.29 is 0 Å². The van der Waals surface area contributed by atoms with E-state index in [1.807, 2.05) is 0 Å². The van der Waals surface area contributed by atoms with Crippen LogP contribution in [0.15, 0.2) is 132 Å². The van der Waals surface area contributed by atoms with E-state index in [0.717, 1.165) is 52.5 Å². The number of hydrogen-bond acceptors (Lipinski definition) is 7. The zero-order valence-corrected chi connectivity index (χ0v) is 26.7. The summed E-state index contributed by atoms with van der Waals surface area (Å²) in [6.07, 6.45) is 17.3. The average molecular weight is 598 g/mol. The molecule has 2 aromatic rings. The summed E-state index contributed by atoms with van der Waals surface area (Å²) in [7, 11) is 0. The molecule has 0 amide bonds. The summed E-state index contributed by atoms with van der Waals surface area (Å²) in [6.45, 7) is 13.8. The third-order valence-electron chi connectivity index (χ3n) is 10.1. The van der Waals surface area contributed by atoms with Gasteiger partial charge in [0.25, 0.3) is 0 Å². The Hall–Kier alpha value is -4.62. The largest absolute Gasteiger partial charge is 0.401 e. The van der Waals surface area contributed by atoms with Crippen LogP contribution in [-0.2, 0) is 0 Å². The molecule has 5 aliphatic heterocycles. The SMILES string of the molecule is CC1=CN(c2ccccc2)CN1CCN1CCC2=C(N3CN(c4ccccc4)C=C3C)[C-]3C=C[CH-]C=C3N3C=C(C)N(CC1)C23. The van der Waals surface area contributed by atoms with E-state index in [9.17, 15) is 0 Å². The highest BCUT2D eigenvalue weighted by Gasteiger charge is 2.39. The van der Waals surface area contributed by atoms with E-state index in [-0.39, 0.29) is 6.17 Å². The number of hydrogen-bond donors (Lipinski definition) is 0. The van der Waals surface area contributed by atoms with Crippen LogP contribution in [-0.4, -0.2) is 76.7 Å². The molecule has 0 saturated carbocycles. The zero-order chi connectivity index (χ0) is 30.5. The predicted molar refractivity (Wildman–Crippen MR) is 183 cm³/mol. The second-order valence-corrected chi connectivity index (χ2v) is 12.9. The number of anilines is 2. The maximum Gasteiger partial charge on any atom is 0.0974 e. The molecule has 232 valence electrons. The van der Waals surface area contributed by atoms with Gasteiger partial charge in [-0.05, 0) is 58.0 Å². The fourth-order valence-electron chi connectivity index (χ4n) is 7.72. The lowest BCUT2D eigenvalue weighted by atomic mass is 9.84. The molecule has 1 saturated heterocycles. The maximum atomic E-state index is 2.69. The first-order valence-corrected chi connectivity index (χ1v) is 16.4. The van der Waals surface area contributed by atoms with E-state index >= 15 is 0 Å². The van der Waals surface area contributed by atoms with Crippen molar-refractivity contribution in [3.8, 4) is 0 Å². The van der Waals surface area contributed by atoms with Crippen molar-refractivity contribution in [2.45, 2.75) is 33.4 Å². The van der Waals surface area contributed by atoms with Crippen molar-refractivity contribution >= 4 is 11.4 Å². The van der Waals surface area contributed by atoms with E-state index in [4.69, 9.17) is 0 Å². The second kappa shape index (κ2) is 11.4. The molecule has 1 unspecified atom stereocenters. The molecule has 1 fully saturated rings. The summed E-state index contributed by atoms with van der Waals surface area (Å²) in [4.78, 5) is 17.7. The summed E-state index contributed by atoms with van der Waals surface area (Å²) in [6, 6.07) is 21.5. The van der Waals surface area contributed by atoms with E-state index in [1.54, 1.807) is 0 Å². The second-order valence-electron chi connectivity index (χ2n) is 12.9. The van der Waals surface area contributed by atoms with Gasteiger partial charge in [-0.2, -0.15) is 5.92 Å². The van der Waals surface area contributed by atoms with Crippen LogP contribution < -0.4 is 9.80 Å². The molecular formula is C38H43N7-2. The van der Waals surface area contributed by atoms with E-state index in [1.165, 1.54) is 51.4 Å². The summed E-state index contributed by atoms with van der Waals surface area (Å²) in [5.74, 6) is 1.34. The van der Waals surface area contributed by atoms with Crippen molar-refractivity contribution in [2.24, 2.45) is 0 Å². The highest BCUT2D eigenvalue weighted by Crippen LogP contribution is 2.49. The minimum atomic E-state index is 0.235. The summed E-state index contributed by atoms with van der Waals surface area (Å²) < 4.78 is 0. The van der Waals surface area contributed by atoms with Crippen LogP contribution in [0, 0.1) is 12.3 Å². The topological polar surface area (TPSA) is 22.7 Å². The number of fused-ring (bicyclic) bond motifs is 2. The van der Waals surface area contributed by atoms with Crippen LogP contribution in [0.4, 0.5) is 11.4 Å². The molecule has 0 spiro atoms. The number of nitrogens with zero attached hydrogens (tertiary/aromatic N) is 7. The minimum absolute atomic E-state index is 0.235. The monoisotopic (exact) mass is 597 g/mol. The first kappa shape index (κ1) is 27.9. The fraction of sp³-hybridized carbons (Fsp3) is 0.316. The van der Waals surface area contributed by atoms with Crippen molar-refractivity contribution in [2.75, 3.05) is 55.9 Å². The Bertz CT molecular complexity index is 1620. The Labute approximate surface area is 268 Å². The zero-order valence-electron chi connectivity index (χ0n) is 26.7. The quantitative estimate of drug-likeness (QED) is 0.361. The van der Waals surface area contributed by atoms with Crippen LogP contribution in [0.2, 0.25) is 0 Å². The van der Waals surface area contributed by atoms with Gasteiger partial charge < -0.3 is 34.3 Å². The summed E-state index contributed by atoms with van der Waals surface area (Å²) in [5, 5.41) is 0. The van der Waals surface area contributed by atoms with Crippen LogP contribution in [0.5, 0.6) is 0 Å². The van der Waals surface area contributed by atoms with Gasteiger partial charge in [0.05, 0.1) is 19.5 Å². The number of benzene rings is 2. The molecule has 5 heterocycles. The molecule has 0 radical (unpaired) electrons. The van der Waals surface area contributed by atoms with Crippen molar-refractivity contribution in [1.82, 2.24) is 24.5 Å². The lowest BCUT2D eigenvalue weighted by molar-refractivity contribution is 0.134. The fourth-order valence-corrected chi connectivity index (χ4v) is 7.72. The Morgan fingerprint density at radius 2 is 1.47 bits per heavy atom. The minimum Gasteiger partial charge on any atom is -0.401 e. The Balaban J connectivity index is 1.06. The molecule has 2 aromatic carbocycles. The molecule has 1 atom stereocenters. The normalized spacial score (nSPS) is 23.0. The molecule has 45 heavy (non-hydrogen) atoms.